The van der Waals surface area contributed by atoms with Crippen molar-refractivity contribution < 1.29 is 14.2 Å². The van der Waals surface area contributed by atoms with E-state index in [2.05, 4.69) is 29.2 Å². The predicted molar refractivity (Wildman–Crippen MR) is 103 cm³/mol. The van der Waals surface area contributed by atoms with Gasteiger partial charge in [-0.3, -0.25) is 4.90 Å². The zero-order chi connectivity index (χ0) is 17.8. The normalized spacial score (nSPS) is 28.2. The molecular weight excluding hydrogens is 326 g/mol. The topological polar surface area (TPSA) is 30.9 Å². The Bertz CT molecular complexity index is 551. The van der Waals surface area contributed by atoms with Gasteiger partial charge < -0.3 is 14.2 Å². The van der Waals surface area contributed by atoms with Crippen LogP contribution in [-0.4, -0.2) is 57.1 Å². The molecule has 2 atom stereocenters. The number of piperidine rings is 1. The van der Waals surface area contributed by atoms with Gasteiger partial charge in [0.05, 0.1) is 13.2 Å². The molecule has 1 aromatic rings. The van der Waals surface area contributed by atoms with Gasteiger partial charge in [-0.1, -0.05) is 12.1 Å². The van der Waals surface area contributed by atoms with Gasteiger partial charge >= 0.3 is 0 Å². The monoisotopic (exact) mass is 359 g/mol. The number of methoxy groups -OCH3 is 1. The highest BCUT2D eigenvalue weighted by Gasteiger charge is 2.35. The van der Waals surface area contributed by atoms with Crippen LogP contribution >= 0.6 is 0 Å². The summed E-state index contributed by atoms with van der Waals surface area (Å²) in [6, 6.07) is 9.28. The van der Waals surface area contributed by atoms with Crippen LogP contribution in [0.1, 0.15) is 37.7 Å². The molecule has 1 aliphatic carbocycles. The van der Waals surface area contributed by atoms with Crippen molar-refractivity contribution in [1.29, 1.82) is 0 Å². The molecule has 0 amide bonds. The lowest BCUT2D eigenvalue weighted by molar-refractivity contribution is -0.0583. The first-order valence-corrected chi connectivity index (χ1v) is 10.4. The summed E-state index contributed by atoms with van der Waals surface area (Å²) in [5.74, 6) is 2.35. The summed E-state index contributed by atoms with van der Waals surface area (Å²) in [4.78, 5) is 2.72. The van der Waals surface area contributed by atoms with Crippen LogP contribution in [0.25, 0.3) is 0 Å². The lowest BCUT2D eigenvalue weighted by Gasteiger charge is -2.43. The van der Waals surface area contributed by atoms with Crippen molar-refractivity contribution in [3.05, 3.63) is 29.8 Å². The van der Waals surface area contributed by atoms with Gasteiger partial charge in [-0.05, 0) is 62.1 Å². The van der Waals surface area contributed by atoms with Gasteiger partial charge in [-0.15, -0.1) is 0 Å². The van der Waals surface area contributed by atoms with E-state index in [0.29, 0.717) is 18.1 Å². The van der Waals surface area contributed by atoms with Crippen LogP contribution in [0.2, 0.25) is 0 Å². The molecule has 1 saturated carbocycles. The maximum absolute atomic E-state index is 6.40. The molecule has 2 heterocycles. The van der Waals surface area contributed by atoms with Crippen molar-refractivity contribution in [3.63, 3.8) is 0 Å². The second kappa shape index (κ2) is 8.73. The van der Waals surface area contributed by atoms with Gasteiger partial charge in [0, 0.05) is 44.9 Å². The number of rotatable bonds is 7. The number of hydrogen-bond acceptors (Lipinski definition) is 4. The Morgan fingerprint density at radius 3 is 2.50 bits per heavy atom. The third kappa shape index (κ3) is 4.79. The first kappa shape index (κ1) is 18.3. The first-order chi connectivity index (χ1) is 12.8. The highest BCUT2D eigenvalue weighted by Crippen LogP contribution is 2.33. The second-order valence-corrected chi connectivity index (χ2v) is 8.25. The fraction of sp³-hybridized carbons (Fsp3) is 0.727. The van der Waals surface area contributed by atoms with Gasteiger partial charge in [-0.2, -0.15) is 0 Å². The highest BCUT2D eigenvalue weighted by molar-refractivity contribution is 5.27. The molecular formula is C22H33NO3. The average Bonchev–Trinajstić information content (AvgIpc) is 3.53. The molecule has 0 aromatic heterocycles. The Kier molecular flexibility index (Phi) is 6.13. The van der Waals surface area contributed by atoms with Crippen molar-refractivity contribution in [2.45, 2.75) is 50.7 Å². The molecule has 1 aromatic carbocycles. The molecule has 4 rings (SSSR count). The third-order valence-corrected chi connectivity index (χ3v) is 6.30. The summed E-state index contributed by atoms with van der Waals surface area (Å²) in [5, 5.41) is 0. The van der Waals surface area contributed by atoms with E-state index < -0.39 is 0 Å². The molecule has 0 N–H and O–H groups in total. The number of benzene rings is 1. The number of ether oxygens (including phenoxy) is 3. The molecule has 2 saturated heterocycles. The molecule has 0 bridgehead atoms. The van der Waals surface area contributed by atoms with Crippen LogP contribution in [0.5, 0.6) is 5.75 Å². The zero-order valence-electron chi connectivity index (χ0n) is 16.1. The summed E-state index contributed by atoms with van der Waals surface area (Å²) in [6.45, 7) is 5.16. The predicted octanol–water partition coefficient (Wildman–Crippen LogP) is 3.53. The number of nitrogens with zero attached hydrogens (tertiary/aromatic N) is 1. The van der Waals surface area contributed by atoms with E-state index in [1.807, 2.05) is 0 Å². The Morgan fingerprint density at radius 1 is 1.04 bits per heavy atom. The average molecular weight is 360 g/mol. The lowest BCUT2D eigenvalue weighted by atomic mass is 9.87. The Hall–Kier alpha value is -1.10. The van der Waals surface area contributed by atoms with Crippen LogP contribution in [-0.2, 0) is 15.9 Å². The first-order valence-electron chi connectivity index (χ1n) is 10.4. The fourth-order valence-corrected chi connectivity index (χ4v) is 4.44. The summed E-state index contributed by atoms with van der Waals surface area (Å²) >= 11 is 0. The summed E-state index contributed by atoms with van der Waals surface area (Å²) in [5.41, 5.74) is 1.39. The van der Waals surface area contributed by atoms with E-state index in [1.165, 1.54) is 44.2 Å². The molecule has 3 fully saturated rings. The van der Waals surface area contributed by atoms with Crippen molar-refractivity contribution in [1.82, 2.24) is 4.90 Å². The van der Waals surface area contributed by atoms with Crippen LogP contribution in [0.4, 0.5) is 0 Å². The molecule has 4 heteroatoms. The van der Waals surface area contributed by atoms with E-state index in [4.69, 9.17) is 14.2 Å². The van der Waals surface area contributed by atoms with Gasteiger partial charge in [0.2, 0.25) is 0 Å². The quantitative estimate of drug-likeness (QED) is 0.745. The highest BCUT2D eigenvalue weighted by atomic mass is 16.5. The van der Waals surface area contributed by atoms with Crippen LogP contribution in [0, 0.1) is 11.8 Å². The van der Waals surface area contributed by atoms with Crippen molar-refractivity contribution >= 4 is 0 Å². The summed E-state index contributed by atoms with van der Waals surface area (Å²) < 4.78 is 17.3. The van der Waals surface area contributed by atoms with E-state index in [9.17, 15) is 0 Å². The van der Waals surface area contributed by atoms with Crippen LogP contribution in [0.3, 0.4) is 0 Å². The molecule has 144 valence electrons. The Labute approximate surface area is 157 Å². The lowest BCUT2D eigenvalue weighted by Crippen LogP contribution is -2.50. The largest absolute Gasteiger partial charge is 0.497 e. The standard InChI is InChI=1S/C22H33NO3/c1-24-21-6-4-17(5-7-21)14-19-15-23(20-9-12-25-13-10-20)11-8-22(19)26-16-18-2-3-18/h4-7,18-20,22H,2-3,8-16H2,1H3/t19-,22-/m0/s1. The minimum absolute atomic E-state index is 0.411. The van der Waals surface area contributed by atoms with E-state index in [0.717, 1.165) is 44.5 Å². The minimum atomic E-state index is 0.411. The third-order valence-electron chi connectivity index (χ3n) is 6.30. The minimum Gasteiger partial charge on any atom is -0.497 e. The molecule has 0 spiro atoms. The van der Waals surface area contributed by atoms with Crippen LogP contribution < -0.4 is 4.74 Å². The van der Waals surface area contributed by atoms with Gasteiger partial charge in [0.25, 0.3) is 0 Å². The summed E-state index contributed by atoms with van der Waals surface area (Å²) in [7, 11) is 1.73. The fourth-order valence-electron chi connectivity index (χ4n) is 4.44. The van der Waals surface area contributed by atoms with Gasteiger partial charge in [0.1, 0.15) is 5.75 Å². The van der Waals surface area contributed by atoms with Crippen LogP contribution in [0.15, 0.2) is 24.3 Å². The molecule has 2 aliphatic heterocycles. The number of hydrogen-bond donors (Lipinski definition) is 0. The van der Waals surface area contributed by atoms with E-state index >= 15 is 0 Å². The number of likely N-dealkylation sites (tertiary alicyclic amines) is 1. The van der Waals surface area contributed by atoms with E-state index in [-0.39, 0.29) is 0 Å². The molecule has 0 unspecified atom stereocenters. The van der Waals surface area contributed by atoms with Crippen molar-refractivity contribution in [2.75, 3.05) is 40.0 Å². The van der Waals surface area contributed by atoms with Gasteiger partial charge in [0.15, 0.2) is 0 Å². The molecule has 3 aliphatic rings. The second-order valence-electron chi connectivity index (χ2n) is 8.25. The smallest absolute Gasteiger partial charge is 0.118 e. The van der Waals surface area contributed by atoms with Crippen molar-refractivity contribution in [3.8, 4) is 5.75 Å². The SMILES string of the molecule is COc1ccc(C[C@H]2CN(C3CCOCC3)CC[C@@H]2OCC2CC2)cc1. The Balaban J connectivity index is 1.40. The van der Waals surface area contributed by atoms with E-state index in [1.54, 1.807) is 7.11 Å². The zero-order valence-corrected chi connectivity index (χ0v) is 16.1. The molecule has 4 nitrogen and oxygen atoms in total. The van der Waals surface area contributed by atoms with Gasteiger partial charge in [-0.25, -0.2) is 0 Å². The van der Waals surface area contributed by atoms with Crippen molar-refractivity contribution in [2.24, 2.45) is 11.8 Å². The summed E-state index contributed by atoms with van der Waals surface area (Å²) in [6.07, 6.45) is 7.78. The molecule has 0 radical (unpaired) electrons. The maximum Gasteiger partial charge on any atom is 0.118 e. The molecule has 26 heavy (non-hydrogen) atoms. The maximum atomic E-state index is 6.40. The Morgan fingerprint density at radius 2 is 1.81 bits per heavy atom.